The fourth-order valence-corrected chi connectivity index (χ4v) is 4.92. The number of nitrogens with zero attached hydrogens (tertiary/aromatic N) is 6. The molecule has 0 aliphatic carbocycles. The van der Waals surface area contributed by atoms with Crippen molar-refractivity contribution >= 4 is 11.8 Å². The van der Waals surface area contributed by atoms with Gasteiger partial charge < -0.3 is 4.42 Å². The maximum absolute atomic E-state index is 6.02. The van der Waals surface area contributed by atoms with Crippen LogP contribution >= 0.6 is 11.8 Å². The first kappa shape index (κ1) is 23.0. The van der Waals surface area contributed by atoms with Gasteiger partial charge in [0.2, 0.25) is 11.8 Å². The summed E-state index contributed by atoms with van der Waals surface area (Å²) in [5.41, 5.74) is 5.43. The van der Waals surface area contributed by atoms with E-state index in [1.54, 1.807) is 18.0 Å². The molecule has 0 aliphatic rings. The summed E-state index contributed by atoms with van der Waals surface area (Å²) in [7, 11) is 0. The smallest absolute Gasteiger partial charge is 0.247 e. The Labute approximate surface area is 208 Å². The molecular weight excluding hydrogens is 456 g/mol. The molecule has 176 valence electrons. The summed E-state index contributed by atoms with van der Waals surface area (Å²) in [5.74, 6) is 1.82. The molecule has 0 radical (unpaired) electrons. The molecule has 8 heteroatoms. The molecule has 7 nitrogen and oxygen atoms in total. The van der Waals surface area contributed by atoms with Gasteiger partial charge in [0, 0.05) is 23.5 Å². The summed E-state index contributed by atoms with van der Waals surface area (Å²) in [6.45, 7) is 6.39. The van der Waals surface area contributed by atoms with Gasteiger partial charge in [0.1, 0.15) is 0 Å². The molecule has 35 heavy (non-hydrogen) atoms. The van der Waals surface area contributed by atoms with Crippen molar-refractivity contribution in [2.75, 3.05) is 0 Å². The molecule has 5 rings (SSSR count). The van der Waals surface area contributed by atoms with Crippen LogP contribution < -0.4 is 0 Å². The van der Waals surface area contributed by atoms with Crippen molar-refractivity contribution in [1.29, 1.82) is 0 Å². The molecule has 3 heterocycles. The normalized spacial score (nSPS) is 12.1. The van der Waals surface area contributed by atoms with Crippen LogP contribution in [0.4, 0.5) is 0 Å². The van der Waals surface area contributed by atoms with Crippen LogP contribution in [0.3, 0.4) is 0 Å². The molecule has 0 aliphatic heterocycles. The van der Waals surface area contributed by atoms with Crippen molar-refractivity contribution < 1.29 is 4.42 Å². The van der Waals surface area contributed by atoms with Crippen molar-refractivity contribution in [2.45, 2.75) is 44.0 Å². The van der Waals surface area contributed by atoms with Crippen molar-refractivity contribution in [2.24, 2.45) is 0 Å². The van der Waals surface area contributed by atoms with Gasteiger partial charge >= 0.3 is 0 Å². The molecule has 0 N–H and O–H groups in total. The van der Waals surface area contributed by atoms with Gasteiger partial charge in [0.15, 0.2) is 11.0 Å². The maximum atomic E-state index is 6.02. The number of hydrogen-bond acceptors (Lipinski definition) is 7. The van der Waals surface area contributed by atoms with Crippen LogP contribution in [-0.2, 0) is 12.8 Å². The number of rotatable bonds is 8. The van der Waals surface area contributed by atoms with Crippen LogP contribution in [0.1, 0.15) is 43.0 Å². The molecular formula is C27H26N6OS. The molecule has 0 saturated heterocycles. The van der Waals surface area contributed by atoms with E-state index in [0.717, 1.165) is 40.6 Å². The van der Waals surface area contributed by atoms with Crippen LogP contribution in [0.5, 0.6) is 0 Å². The van der Waals surface area contributed by atoms with E-state index >= 15 is 0 Å². The maximum Gasteiger partial charge on any atom is 0.247 e. The number of aromatic nitrogens is 6. The van der Waals surface area contributed by atoms with Crippen molar-refractivity contribution in [3.8, 4) is 28.5 Å². The fraction of sp³-hybridized carbons (Fsp3) is 0.222. The number of para-hydroxylation sites is 1. The highest BCUT2D eigenvalue weighted by Gasteiger charge is 2.24. The zero-order chi connectivity index (χ0) is 24.2. The first-order valence-electron chi connectivity index (χ1n) is 11.7. The number of hydrogen-bond donors (Lipinski definition) is 0. The van der Waals surface area contributed by atoms with Crippen LogP contribution in [-0.4, -0.2) is 29.9 Å². The van der Waals surface area contributed by atoms with Gasteiger partial charge in [-0.05, 0) is 55.2 Å². The number of pyridine rings is 1. The summed E-state index contributed by atoms with van der Waals surface area (Å²) >= 11 is 1.55. The van der Waals surface area contributed by atoms with E-state index in [4.69, 9.17) is 4.42 Å². The Morgan fingerprint density at radius 2 is 1.57 bits per heavy atom. The molecule has 2 aromatic carbocycles. The second kappa shape index (κ2) is 10.2. The number of thioether (sulfide) groups is 1. The SMILES string of the molecule is CCc1cccc(CC)c1-n1c(SC(C)c2nnc(-c3ccccc3)o2)nnc1-c1cccnc1. The summed E-state index contributed by atoms with van der Waals surface area (Å²) < 4.78 is 8.18. The van der Waals surface area contributed by atoms with Crippen molar-refractivity contribution in [3.05, 3.63) is 90.1 Å². The Bertz CT molecular complexity index is 1390. The lowest BCUT2D eigenvalue weighted by atomic mass is 10.0. The Balaban J connectivity index is 1.57. The largest absolute Gasteiger partial charge is 0.419 e. The lowest BCUT2D eigenvalue weighted by Crippen LogP contribution is -2.07. The second-order valence-corrected chi connectivity index (χ2v) is 9.39. The lowest BCUT2D eigenvalue weighted by Gasteiger charge is -2.18. The molecule has 0 bridgehead atoms. The molecule has 0 saturated carbocycles. The van der Waals surface area contributed by atoms with Crippen LogP contribution in [0, 0.1) is 0 Å². The third kappa shape index (κ3) is 4.61. The molecule has 0 fully saturated rings. The van der Waals surface area contributed by atoms with Crippen LogP contribution in [0.2, 0.25) is 0 Å². The standard InChI is InChI=1S/C27H26N6OS/c1-4-19-13-9-14-20(5-2)23(19)33-24(22-15-10-16-28-17-22)29-32-27(33)35-18(3)25-30-31-26(34-25)21-11-7-6-8-12-21/h6-18H,4-5H2,1-3H3. The Morgan fingerprint density at radius 3 is 2.26 bits per heavy atom. The minimum atomic E-state index is -0.122. The third-order valence-corrected chi connectivity index (χ3v) is 6.86. The van der Waals surface area contributed by atoms with Crippen molar-refractivity contribution in [3.63, 3.8) is 0 Å². The van der Waals surface area contributed by atoms with Gasteiger partial charge in [0.05, 0.1) is 10.9 Å². The monoisotopic (exact) mass is 482 g/mol. The molecule has 0 spiro atoms. The quantitative estimate of drug-likeness (QED) is 0.238. The average molecular weight is 483 g/mol. The van der Waals surface area contributed by atoms with Gasteiger partial charge in [-0.2, -0.15) is 0 Å². The predicted octanol–water partition coefficient (Wildman–Crippen LogP) is 6.36. The third-order valence-electron chi connectivity index (χ3n) is 5.83. The van der Waals surface area contributed by atoms with E-state index in [1.165, 1.54) is 11.1 Å². The second-order valence-electron chi connectivity index (χ2n) is 8.09. The average Bonchev–Trinajstić information content (AvgIpc) is 3.57. The molecule has 3 aromatic heterocycles. The van der Waals surface area contributed by atoms with Crippen LogP contribution in [0.15, 0.2) is 82.6 Å². The number of aryl methyl sites for hydroxylation is 2. The summed E-state index contributed by atoms with van der Waals surface area (Å²) in [4.78, 5) is 4.31. The first-order valence-corrected chi connectivity index (χ1v) is 12.6. The van der Waals surface area contributed by atoms with Gasteiger partial charge in [-0.25, -0.2) is 0 Å². The number of benzene rings is 2. The van der Waals surface area contributed by atoms with Gasteiger partial charge in [-0.3, -0.25) is 9.55 Å². The Morgan fingerprint density at radius 1 is 0.829 bits per heavy atom. The van der Waals surface area contributed by atoms with Crippen LogP contribution in [0.25, 0.3) is 28.5 Å². The zero-order valence-electron chi connectivity index (χ0n) is 19.9. The Hall–Kier alpha value is -3.78. The van der Waals surface area contributed by atoms with E-state index in [-0.39, 0.29) is 5.25 Å². The van der Waals surface area contributed by atoms with E-state index < -0.39 is 0 Å². The molecule has 0 amide bonds. The first-order chi connectivity index (χ1) is 17.2. The van der Waals surface area contributed by atoms with Crippen molar-refractivity contribution in [1.82, 2.24) is 29.9 Å². The van der Waals surface area contributed by atoms with Gasteiger partial charge in [-0.15, -0.1) is 20.4 Å². The van der Waals surface area contributed by atoms with Gasteiger partial charge in [-0.1, -0.05) is 62.0 Å². The van der Waals surface area contributed by atoms with E-state index in [9.17, 15) is 0 Å². The van der Waals surface area contributed by atoms with Gasteiger partial charge in [0.25, 0.3) is 0 Å². The minimum Gasteiger partial charge on any atom is -0.419 e. The highest BCUT2D eigenvalue weighted by molar-refractivity contribution is 7.99. The minimum absolute atomic E-state index is 0.122. The fourth-order valence-electron chi connectivity index (χ4n) is 4.04. The Kier molecular flexibility index (Phi) is 6.72. The molecule has 1 unspecified atom stereocenters. The van der Waals surface area contributed by atoms with E-state index in [2.05, 4.69) is 62.0 Å². The zero-order valence-corrected chi connectivity index (χ0v) is 20.7. The highest BCUT2D eigenvalue weighted by atomic mass is 32.2. The lowest BCUT2D eigenvalue weighted by molar-refractivity contribution is 0.509. The molecule has 5 aromatic rings. The molecule has 1 atom stereocenters. The summed E-state index contributed by atoms with van der Waals surface area (Å²) in [6, 6.07) is 20.2. The summed E-state index contributed by atoms with van der Waals surface area (Å²) in [5, 5.41) is 18.4. The van der Waals surface area contributed by atoms with E-state index in [1.807, 2.05) is 55.6 Å². The predicted molar refractivity (Wildman–Crippen MR) is 137 cm³/mol. The summed E-state index contributed by atoms with van der Waals surface area (Å²) in [6.07, 6.45) is 5.39. The highest BCUT2D eigenvalue weighted by Crippen LogP contribution is 2.38. The van der Waals surface area contributed by atoms with E-state index in [0.29, 0.717) is 11.8 Å². The topological polar surface area (TPSA) is 82.5 Å².